The van der Waals surface area contributed by atoms with Gasteiger partial charge in [-0.3, -0.25) is 4.79 Å². The molecule has 0 saturated carbocycles. The molecule has 0 heterocycles. The highest BCUT2D eigenvalue weighted by molar-refractivity contribution is 14.1. The van der Waals surface area contributed by atoms with E-state index in [9.17, 15) is 9.90 Å². The minimum atomic E-state index is -0.210. The van der Waals surface area contributed by atoms with Gasteiger partial charge in [0.2, 0.25) is 5.91 Å². The van der Waals surface area contributed by atoms with E-state index in [0.29, 0.717) is 5.56 Å². The molecule has 114 valence electrons. The topological polar surface area (TPSA) is 61.7 Å². The number of phenols is 1. The fraction of sp³-hybridized carbons (Fsp3) is 0.0667. The number of hydrazone groups is 1. The Labute approximate surface area is 163 Å². The summed E-state index contributed by atoms with van der Waals surface area (Å²) in [7, 11) is 0. The molecular formula is C15H11BrI2N2O2. The molecule has 0 aliphatic carbocycles. The highest BCUT2D eigenvalue weighted by Crippen LogP contribution is 2.25. The van der Waals surface area contributed by atoms with E-state index in [1.54, 1.807) is 6.07 Å². The molecule has 7 heteroatoms. The van der Waals surface area contributed by atoms with Crippen molar-refractivity contribution in [3.05, 3.63) is 59.1 Å². The van der Waals surface area contributed by atoms with Gasteiger partial charge in [0.1, 0.15) is 5.75 Å². The van der Waals surface area contributed by atoms with Crippen LogP contribution in [0.4, 0.5) is 0 Å². The van der Waals surface area contributed by atoms with Crippen molar-refractivity contribution >= 4 is 73.2 Å². The van der Waals surface area contributed by atoms with Crippen molar-refractivity contribution in [3.8, 4) is 5.75 Å². The molecule has 2 aromatic rings. The average Bonchev–Trinajstić information content (AvgIpc) is 2.46. The summed E-state index contributed by atoms with van der Waals surface area (Å²) in [5.41, 5.74) is 3.94. The summed E-state index contributed by atoms with van der Waals surface area (Å²) in [6, 6.07) is 11.2. The summed E-state index contributed by atoms with van der Waals surface area (Å²) in [5, 5.41) is 13.8. The van der Waals surface area contributed by atoms with Gasteiger partial charge in [-0.05, 0) is 75.0 Å². The summed E-state index contributed by atoms with van der Waals surface area (Å²) < 4.78 is 2.70. The first kappa shape index (κ1) is 17.7. The molecule has 0 atom stereocenters. The Morgan fingerprint density at radius 1 is 1.27 bits per heavy atom. The lowest BCUT2D eigenvalue weighted by molar-refractivity contribution is -0.120. The van der Waals surface area contributed by atoms with E-state index < -0.39 is 0 Å². The number of phenolic OH excluding ortho intramolecular Hbond substituents is 1. The number of carbonyl (C=O) groups excluding carboxylic acids is 1. The van der Waals surface area contributed by atoms with Crippen LogP contribution in [0.2, 0.25) is 0 Å². The summed E-state index contributed by atoms with van der Waals surface area (Å²) in [6.07, 6.45) is 1.69. The van der Waals surface area contributed by atoms with Crippen LogP contribution in [0.5, 0.6) is 5.75 Å². The fourth-order valence-corrected chi connectivity index (χ4v) is 3.84. The Hall–Kier alpha value is -0.680. The zero-order valence-electron chi connectivity index (χ0n) is 11.2. The second-order valence-electron chi connectivity index (χ2n) is 4.42. The van der Waals surface area contributed by atoms with E-state index in [-0.39, 0.29) is 18.1 Å². The lowest BCUT2D eigenvalue weighted by Gasteiger charge is -2.03. The van der Waals surface area contributed by atoms with Crippen LogP contribution in [-0.2, 0) is 11.2 Å². The van der Waals surface area contributed by atoms with Crippen molar-refractivity contribution in [2.45, 2.75) is 6.42 Å². The summed E-state index contributed by atoms with van der Waals surface area (Å²) in [4.78, 5) is 11.8. The van der Waals surface area contributed by atoms with Crippen LogP contribution >= 0.6 is 61.1 Å². The largest absolute Gasteiger partial charge is 0.506 e. The van der Waals surface area contributed by atoms with Crippen LogP contribution in [-0.4, -0.2) is 17.2 Å². The number of aromatic hydroxyl groups is 1. The van der Waals surface area contributed by atoms with Crippen molar-refractivity contribution in [2.24, 2.45) is 5.10 Å². The molecule has 4 nitrogen and oxygen atoms in total. The van der Waals surface area contributed by atoms with E-state index in [1.807, 2.05) is 30.3 Å². The molecule has 2 aromatic carbocycles. The number of nitrogens with one attached hydrogen (secondary N) is 1. The second kappa shape index (κ2) is 8.25. The molecule has 0 spiro atoms. The maximum absolute atomic E-state index is 11.8. The zero-order chi connectivity index (χ0) is 16.1. The summed E-state index contributed by atoms with van der Waals surface area (Å²) >= 11 is 7.56. The van der Waals surface area contributed by atoms with Gasteiger partial charge in [0.15, 0.2) is 0 Å². The van der Waals surface area contributed by atoms with Crippen LogP contribution < -0.4 is 5.43 Å². The molecule has 0 aromatic heterocycles. The van der Waals surface area contributed by atoms with E-state index in [1.165, 1.54) is 6.21 Å². The van der Waals surface area contributed by atoms with E-state index >= 15 is 0 Å². The Balaban J connectivity index is 1.97. The molecule has 22 heavy (non-hydrogen) atoms. The number of benzene rings is 2. The van der Waals surface area contributed by atoms with Gasteiger partial charge < -0.3 is 5.11 Å². The number of hydrogen-bond acceptors (Lipinski definition) is 3. The molecule has 0 aliphatic heterocycles. The van der Waals surface area contributed by atoms with Crippen LogP contribution in [0.15, 0.2) is 46.0 Å². The third-order valence-corrected chi connectivity index (χ3v) is 4.70. The Morgan fingerprint density at radius 2 is 1.95 bits per heavy atom. The maximum atomic E-state index is 11.8. The normalized spacial score (nSPS) is 10.9. The minimum Gasteiger partial charge on any atom is -0.506 e. The van der Waals surface area contributed by atoms with Crippen molar-refractivity contribution in [3.63, 3.8) is 0 Å². The van der Waals surface area contributed by atoms with Crippen molar-refractivity contribution in [1.29, 1.82) is 0 Å². The highest BCUT2D eigenvalue weighted by atomic mass is 127. The second-order valence-corrected chi connectivity index (χ2v) is 7.75. The predicted octanol–water partition coefficient (Wildman–Crippen LogP) is 4.06. The first-order valence-corrected chi connectivity index (χ1v) is 9.15. The lowest BCUT2D eigenvalue weighted by atomic mass is 10.1. The maximum Gasteiger partial charge on any atom is 0.244 e. The molecule has 0 fully saturated rings. The number of amides is 1. The highest BCUT2D eigenvalue weighted by Gasteiger charge is 2.06. The molecule has 0 aliphatic rings. The number of rotatable bonds is 4. The molecular weight excluding hydrogens is 574 g/mol. The Bertz CT molecular complexity index is 718. The molecule has 0 unspecified atom stereocenters. The Kier molecular flexibility index (Phi) is 6.63. The number of halogens is 3. The lowest BCUT2D eigenvalue weighted by Crippen LogP contribution is -2.19. The number of nitrogens with zero attached hydrogens (tertiary/aromatic N) is 1. The van der Waals surface area contributed by atoms with Crippen molar-refractivity contribution in [1.82, 2.24) is 5.43 Å². The van der Waals surface area contributed by atoms with Gasteiger partial charge in [0.05, 0.1) is 16.2 Å². The third-order valence-electron chi connectivity index (χ3n) is 2.73. The van der Waals surface area contributed by atoms with Gasteiger partial charge in [0, 0.05) is 13.6 Å². The molecule has 2 N–H and O–H groups in total. The monoisotopic (exact) mass is 584 g/mol. The SMILES string of the molecule is O=C(Cc1ccc(Br)cc1)N/N=C\c1cc(I)cc(I)c1O. The van der Waals surface area contributed by atoms with E-state index in [0.717, 1.165) is 17.2 Å². The standard InChI is InChI=1S/C15H11BrI2N2O2/c16-11-3-1-9(2-4-11)5-14(21)20-19-8-10-6-12(17)7-13(18)15(10)22/h1-4,6-8,22H,5H2,(H,20,21)/b19-8-. The number of carbonyl (C=O) groups is 1. The van der Waals surface area contributed by atoms with E-state index in [2.05, 4.69) is 71.6 Å². The number of hydrogen-bond donors (Lipinski definition) is 2. The van der Waals surface area contributed by atoms with Gasteiger partial charge in [-0.2, -0.15) is 5.10 Å². The molecule has 0 bridgehead atoms. The minimum absolute atomic E-state index is 0.159. The smallest absolute Gasteiger partial charge is 0.244 e. The van der Waals surface area contributed by atoms with E-state index in [4.69, 9.17) is 0 Å². The molecule has 0 saturated heterocycles. The van der Waals surface area contributed by atoms with Gasteiger partial charge >= 0.3 is 0 Å². The van der Waals surface area contributed by atoms with Crippen molar-refractivity contribution < 1.29 is 9.90 Å². The van der Waals surface area contributed by atoms with Crippen LogP contribution in [0.1, 0.15) is 11.1 Å². The average molecular weight is 585 g/mol. The van der Waals surface area contributed by atoms with Crippen LogP contribution in [0.3, 0.4) is 0 Å². The summed E-state index contributed by atoms with van der Waals surface area (Å²) in [6.45, 7) is 0. The van der Waals surface area contributed by atoms with Crippen LogP contribution in [0, 0.1) is 7.14 Å². The van der Waals surface area contributed by atoms with Crippen LogP contribution in [0.25, 0.3) is 0 Å². The van der Waals surface area contributed by atoms with Gasteiger partial charge in [-0.1, -0.05) is 28.1 Å². The molecule has 1 amide bonds. The molecule has 0 radical (unpaired) electrons. The van der Waals surface area contributed by atoms with Gasteiger partial charge in [0.25, 0.3) is 0 Å². The first-order chi connectivity index (χ1) is 10.5. The quantitative estimate of drug-likeness (QED) is 0.324. The fourth-order valence-electron chi connectivity index (χ4n) is 1.69. The first-order valence-electron chi connectivity index (χ1n) is 6.20. The summed E-state index contributed by atoms with van der Waals surface area (Å²) in [5.74, 6) is -0.0506. The molecule has 2 rings (SSSR count). The predicted molar refractivity (Wildman–Crippen MR) is 107 cm³/mol. The van der Waals surface area contributed by atoms with Crippen molar-refractivity contribution in [2.75, 3.05) is 0 Å². The zero-order valence-corrected chi connectivity index (χ0v) is 17.1. The van der Waals surface area contributed by atoms with Gasteiger partial charge in [-0.25, -0.2) is 5.43 Å². The third kappa shape index (κ3) is 5.20. The van der Waals surface area contributed by atoms with Gasteiger partial charge in [-0.15, -0.1) is 0 Å². The Morgan fingerprint density at radius 3 is 2.64 bits per heavy atom.